The number of aromatic nitrogens is 1. The summed E-state index contributed by atoms with van der Waals surface area (Å²) in [5, 5.41) is 0. The Bertz CT molecular complexity index is 452. The van der Waals surface area contributed by atoms with Crippen molar-refractivity contribution in [2.45, 2.75) is 25.6 Å². The molecule has 2 N–H and O–H groups in total. The molecule has 1 aliphatic heterocycles. The number of alkyl halides is 3. The van der Waals surface area contributed by atoms with Gasteiger partial charge in [0.05, 0.1) is 5.56 Å². The number of hydrogen-bond donors (Lipinski definition) is 1. The molecule has 1 aromatic heterocycles. The SMILES string of the molecule is CCC(CN)N1CCN(c2cc(C(F)(F)F)ccn2)CC1. The summed E-state index contributed by atoms with van der Waals surface area (Å²) in [7, 11) is 0. The molecule has 1 atom stereocenters. The molecule has 0 aliphatic carbocycles. The number of rotatable bonds is 4. The average molecular weight is 302 g/mol. The van der Waals surface area contributed by atoms with Crippen LogP contribution in [0.25, 0.3) is 0 Å². The lowest BCUT2D eigenvalue weighted by atomic mass is 10.1. The average Bonchev–Trinajstić information content (AvgIpc) is 2.48. The van der Waals surface area contributed by atoms with E-state index in [1.165, 1.54) is 6.20 Å². The Hall–Kier alpha value is -1.34. The van der Waals surface area contributed by atoms with E-state index in [2.05, 4.69) is 16.8 Å². The third-order valence-electron chi connectivity index (χ3n) is 3.97. The van der Waals surface area contributed by atoms with Crippen LogP contribution in [-0.4, -0.2) is 48.6 Å². The van der Waals surface area contributed by atoms with Crippen LogP contribution >= 0.6 is 0 Å². The third kappa shape index (κ3) is 3.85. The van der Waals surface area contributed by atoms with E-state index in [1.54, 1.807) is 0 Å². The van der Waals surface area contributed by atoms with E-state index in [-0.39, 0.29) is 0 Å². The molecular formula is C14H21F3N4. The van der Waals surface area contributed by atoms with Crippen LogP contribution in [0.3, 0.4) is 0 Å². The molecule has 1 unspecified atom stereocenters. The van der Waals surface area contributed by atoms with Gasteiger partial charge < -0.3 is 10.6 Å². The highest BCUT2D eigenvalue weighted by atomic mass is 19.4. The lowest BCUT2D eigenvalue weighted by molar-refractivity contribution is -0.137. The minimum atomic E-state index is -4.33. The number of nitrogens with zero attached hydrogens (tertiary/aromatic N) is 3. The summed E-state index contributed by atoms with van der Waals surface area (Å²) in [6, 6.07) is 2.47. The second-order valence-electron chi connectivity index (χ2n) is 5.22. The quantitative estimate of drug-likeness (QED) is 0.923. The number of halogens is 3. The first-order valence-corrected chi connectivity index (χ1v) is 7.18. The van der Waals surface area contributed by atoms with Crippen LogP contribution in [0.5, 0.6) is 0 Å². The summed E-state index contributed by atoms with van der Waals surface area (Å²) in [6.45, 7) is 5.65. The van der Waals surface area contributed by atoms with Crippen molar-refractivity contribution in [3.63, 3.8) is 0 Å². The first kappa shape index (κ1) is 16.0. The molecule has 0 bridgehead atoms. The maximum atomic E-state index is 12.7. The second kappa shape index (κ2) is 6.62. The fourth-order valence-electron chi connectivity index (χ4n) is 2.66. The van der Waals surface area contributed by atoms with Gasteiger partial charge in [0, 0.05) is 45.0 Å². The van der Waals surface area contributed by atoms with Gasteiger partial charge in [-0.3, -0.25) is 4.90 Å². The summed E-state index contributed by atoms with van der Waals surface area (Å²) in [4.78, 5) is 8.26. The molecule has 0 aromatic carbocycles. The van der Waals surface area contributed by atoms with E-state index in [0.717, 1.165) is 31.6 Å². The minimum absolute atomic E-state index is 0.349. The first-order valence-electron chi connectivity index (χ1n) is 7.18. The Balaban J connectivity index is 2.02. The molecule has 118 valence electrons. The highest BCUT2D eigenvalue weighted by Gasteiger charge is 2.31. The standard InChI is InChI=1S/C14H21F3N4/c1-2-12(10-18)20-5-7-21(8-6-20)13-9-11(3-4-19-13)14(15,16)17/h3-4,9,12H,2,5-8,10,18H2,1H3. The van der Waals surface area contributed by atoms with Crippen molar-refractivity contribution in [1.29, 1.82) is 0 Å². The predicted molar refractivity (Wildman–Crippen MR) is 76.2 cm³/mol. The Morgan fingerprint density at radius 1 is 1.29 bits per heavy atom. The van der Waals surface area contributed by atoms with Crippen LogP contribution in [0.1, 0.15) is 18.9 Å². The van der Waals surface area contributed by atoms with Crippen molar-refractivity contribution in [1.82, 2.24) is 9.88 Å². The summed E-state index contributed by atoms with van der Waals surface area (Å²) in [6.07, 6.45) is -2.12. The minimum Gasteiger partial charge on any atom is -0.354 e. The van der Waals surface area contributed by atoms with E-state index in [1.807, 2.05) is 4.90 Å². The Labute approximate surface area is 122 Å². The molecule has 0 spiro atoms. The molecule has 0 saturated carbocycles. The summed E-state index contributed by atoms with van der Waals surface area (Å²) < 4.78 is 38.2. The fourth-order valence-corrected chi connectivity index (χ4v) is 2.66. The Morgan fingerprint density at radius 3 is 2.48 bits per heavy atom. The van der Waals surface area contributed by atoms with E-state index in [4.69, 9.17) is 5.73 Å². The summed E-state index contributed by atoms with van der Waals surface area (Å²) in [5.74, 6) is 0.394. The van der Waals surface area contributed by atoms with E-state index in [9.17, 15) is 13.2 Å². The highest BCUT2D eigenvalue weighted by Crippen LogP contribution is 2.30. The summed E-state index contributed by atoms with van der Waals surface area (Å²) in [5.41, 5.74) is 5.09. The van der Waals surface area contributed by atoms with Crippen LogP contribution in [0.4, 0.5) is 19.0 Å². The monoisotopic (exact) mass is 302 g/mol. The molecule has 4 nitrogen and oxygen atoms in total. The van der Waals surface area contributed by atoms with Crippen molar-refractivity contribution >= 4 is 5.82 Å². The van der Waals surface area contributed by atoms with Gasteiger partial charge in [0.25, 0.3) is 0 Å². The van der Waals surface area contributed by atoms with Crippen molar-refractivity contribution in [2.24, 2.45) is 5.73 Å². The van der Waals surface area contributed by atoms with Gasteiger partial charge in [-0.05, 0) is 18.6 Å². The largest absolute Gasteiger partial charge is 0.416 e. The molecule has 0 radical (unpaired) electrons. The second-order valence-corrected chi connectivity index (χ2v) is 5.22. The smallest absolute Gasteiger partial charge is 0.354 e. The van der Waals surface area contributed by atoms with E-state index >= 15 is 0 Å². The normalized spacial score (nSPS) is 18.8. The van der Waals surface area contributed by atoms with Gasteiger partial charge in [-0.15, -0.1) is 0 Å². The van der Waals surface area contributed by atoms with Crippen molar-refractivity contribution in [3.05, 3.63) is 23.9 Å². The molecule has 2 rings (SSSR count). The van der Waals surface area contributed by atoms with Crippen LogP contribution in [0.15, 0.2) is 18.3 Å². The van der Waals surface area contributed by atoms with Gasteiger partial charge in [-0.1, -0.05) is 6.92 Å². The highest BCUT2D eigenvalue weighted by molar-refractivity contribution is 5.42. The zero-order valence-electron chi connectivity index (χ0n) is 12.1. The van der Waals surface area contributed by atoms with Crippen LogP contribution in [0, 0.1) is 0 Å². The predicted octanol–water partition coefficient (Wildman–Crippen LogP) is 1.96. The maximum absolute atomic E-state index is 12.7. The van der Waals surface area contributed by atoms with Gasteiger partial charge in [-0.2, -0.15) is 13.2 Å². The number of pyridine rings is 1. The van der Waals surface area contributed by atoms with E-state index in [0.29, 0.717) is 31.5 Å². The molecule has 1 saturated heterocycles. The molecule has 7 heteroatoms. The lowest BCUT2D eigenvalue weighted by Gasteiger charge is -2.39. The Morgan fingerprint density at radius 2 is 1.95 bits per heavy atom. The zero-order valence-corrected chi connectivity index (χ0v) is 12.1. The molecule has 1 fully saturated rings. The molecule has 1 aromatic rings. The van der Waals surface area contributed by atoms with Crippen LogP contribution < -0.4 is 10.6 Å². The van der Waals surface area contributed by atoms with Gasteiger partial charge >= 0.3 is 6.18 Å². The molecular weight excluding hydrogens is 281 g/mol. The topological polar surface area (TPSA) is 45.4 Å². The zero-order chi connectivity index (χ0) is 15.5. The number of piperazine rings is 1. The number of nitrogens with two attached hydrogens (primary N) is 1. The van der Waals surface area contributed by atoms with E-state index < -0.39 is 11.7 Å². The number of hydrogen-bond acceptors (Lipinski definition) is 4. The molecule has 21 heavy (non-hydrogen) atoms. The molecule has 0 amide bonds. The van der Waals surface area contributed by atoms with Crippen LogP contribution in [-0.2, 0) is 6.18 Å². The molecule has 1 aliphatic rings. The van der Waals surface area contributed by atoms with Gasteiger partial charge in [-0.25, -0.2) is 4.98 Å². The fraction of sp³-hybridized carbons (Fsp3) is 0.643. The maximum Gasteiger partial charge on any atom is 0.416 e. The number of anilines is 1. The van der Waals surface area contributed by atoms with Gasteiger partial charge in [0.2, 0.25) is 0 Å². The van der Waals surface area contributed by atoms with Crippen molar-refractivity contribution < 1.29 is 13.2 Å². The van der Waals surface area contributed by atoms with Crippen molar-refractivity contribution in [2.75, 3.05) is 37.6 Å². The van der Waals surface area contributed by atoms with Crippen LogP contribution in [0.2, 0.25) is 0 Å². The van der Waals surface area contributed by atoms with Crippen molar-refractivity contribution in [3.8, 4) is 0 Å². The Kier molecular flexibility index (Phi) is 5.05. The van der Waals surface area contributed by atoms with Gasteiger partial charge in [0.15, 0.2) is 0 Å². The molecule has 2 heterocycles. The van der Waals surface area contributed by atoms with Gasteiger partial charge in [0.1, 0.15) is 5.82 Å². The lowest BCUT2D eigenvalue weighted by Crippen LogP contribution is -2.52. The first-order chi connectivity index (χ1) is 9.95. The summed E-state index contributed by atoms with van der Waals surface area (Å²) >= 11 is 0. The third-order valence-corrected chi connectivity index (χ3v) is 3.97.